The Morgan fingerprint density at radius 3 is 2.40 bits per heavy atom. The number of benzene rings is 1. The van der Waals surface area contributed by atoms with E-state index in [0.29, 0.717) is 0 Å². The van der Waals surface area contributed by atoms with Gasteiger partial charge in [0.2, 0.25) is 0 Å². The van der Waals surface area contributed by atoms with Crippen molar-refractivity contribution in [1.29, 1.82) is 0 Å². The Labute approximate surface area is 94.8 Å². The zero-order valence-electron chi connectivity index (χ0n) is 8.27. The van der Waals surface area contributed by atoms with E-state index >= 15 is 0 Å². The molecular formula is C10H10BrF2NO. The predicted octanol–water partition coefficient (Wildman–Crippen LogP) is 2.87. The zero-order chi connectivity index (χ0) is 11.6. The van der Waals surface area contributed by atoms with Crippen LogP contribution in [0.3, 0.4) is 0 Å². The van der Waals surface area contributed by atoms with Crippen LogP contribution in [0.4, 0.5) is 8.78 Å². The zero-order valence-corrected chi connectivity index (χ0v) is 9.86. The van der Waals surface area contributed by atoms with Crippen molar-refractivity contribution in [3.05, 3.63) is 33.8 Å². The molecule has 1 amide bonds. The van der Waals surface area contributed by atoms with Crippen molar-refractivity contribution in [1.82, 2.24) is 5.32 Å². The summed E-state index contributed by atoms with van der Waals surface area (Å²) in [6, 6.07) is 1.75. The Morgan fingerprint density at radius 2 is 1.87 bits per heavy atom. The lowest BCUT2D eigenvalue weighted by Crippen LogP contribution is -2.30. The molecule has 0 unspecified atom stereocenters. The first-order valence-electron chi connectivity index (χ1n) is 4.37. The van der Waals surface area contributed by atoms with Crippen LogP contribution in [0.2, 0.25) is 0 Å². The topological polar surface area (TPSA) is 29.1 Å². The lowest BCUT2D eigenvalue weighted by molar-refractivity contribution is 0.0942. The maximum absolute atomic E-state index is 12.9. The highest BCUT2D eigenvalue weighted by molar-refractivity contribution is 9.10. The average Bonchev–Trinajstić information content (AvgIpc) is 2.09. The lowest BCUT2D eigenvalue weighted by atomic mass is 10.2. The molecule has 0 saturated carbocycles. The molecule has 0 bridgehead atoms. The SMILES string of the molecule is CC(C)NC(=O)c1cc(F)c(F)cc1Br. The largest absolute Gasteiger partial charge is 0.350 e. The van der Waals surface area contributed by atoms with Crippen LogP contribution in [0.1, 0.15) is 24.2 Å². The summed E-state index contributed by atoms with van der Waals surface area (Å²) >= 11 is 3.00. The van der Waals surface area contributed by atoms with Crippen LogP contribution >= 0.6 is 15.9 Å². The van der Waals surface area contributed by atoms with E-state index < -0.39 is 17.5 Å². The molecule has 0 fully saturated rings. The first-order chi connectivity index (χ1) is 6.91. The second-order valence-corrected chi connectivity index (χ2v) is 4.23. The molecule has 1 N–H and O–H groups in total. The molecule has 15 heavy (non-hydrogen) atoms. The quantitative estimate of drug-likeness (QED) is 0.828. The van der Waals surface area contributed by atoms with Gasteiger partial charge < -0.3 is 5.32 Å². The van der Waals surface area contributed by atoms with Crippen molar-refractivity contribution in [2.24, 2.45) is 0 Å². The van der Waals surface area contributed by atoms with Gasteiger partial charge >= 0.3 is 0 Å². The number of nitrogens with one attached hydrogen (secondary N) is 1. The van der Waals surface area contributed by atoms with Gasteiger partial charge in [0.05, 0.1) is 5.56 Å². The molecule has 0 spiro atoms. The Kier molecular flexibility index (Phi) is 3.79. The number of hydrogen-bond donors (Lipinski definition) is 1. The van der Waals surface area contributed by atoms with Crippen molar-refractivity contribution < 1.29 is 13.6 Å². The number of carbonyl (C=O) groups is 1. The highest BCUT2D eigenvalue weighted by atomic mass is 79.9. The summed E-state index contributed by atoms with van der Waals surface area (Å²) in [5, 5.41) is 2.59. The molecular weight excluding hydrogens is 268 g/mol. The van der Waals surface area contributed by atoms with Crippen molar-refractivity contribution in [3.63, 3.8) is 0 Å². The molecule has 0 saturated heterocycles. The monoisotopic (exact) mass is 277 g/mol. The van der Waals surface area contributed by atoms with E-state index in [-0.39, 0.29) is 16.1 Å². The van der Waals surface area contributed by atoms with Gasteiger partial charge in [-0.15, -0.1) is 0 Å². The fourth-order valence-corrected chi connectivity index (χ4v) is 1.53. The maximum Gasteiger partial charge on any atom is 0.252 e. The summed E-state index contributed by atoms with van der Waals surface area (Å²) < 4.78 is 25.9. The van der Waals surface area contributed by atoms with Gasteiger partial charge in [-0.05, 0) is 41.9 Å². The highest BCUT2D eigenvalue weighted by Gasteiger charge is 2.14. The minimum atomic E-state index is -1.04. The molecule has 2 nitrogen and oxygen atoms in total. The summed E-state index contributed by atoms with van der Waals surface area (Å²) in [4.78, 5) is 11.5. The Hall–Kier alpha value is -0.970. The van der Waals surface area contributed by atoms with Crippen LogP contribution < -0.4 is 5.32 Å². The average molecular weight is 278 g/mol. The summed E-state index contributed by atoms with van der Waals surface area (Å²) in [6.45, 7) is 3.57. The number of halogens is 3. The van der Waals surface area contributed by atoms with E-state index in [1.54, 1.807) is 13.8 Å². The maximum atomic E-state index is 12.9. The molecule has 1 rings (SSSR count). The van der Waals surface area contributed by atoms with Gasteiger partial charge in [-0.1, -0.05) is 0 Å². The third-order valence-corrected chi connectivity index (χ3v) is 2.33. The first kappa shape index (κ1) is 12.1. The van der Waals surface area contributed by atoms with Crippen molar-refractivity contribution in [2.45, 2.75) is 19.9 Å². The van der Waals surface area contributed by atoms with Crippen LogP contribution in [0.25, 0.3) is 0 Å². The van der Waals surface area contributed by atoms with Gasteiger partial charge in [0, 0.05) is 10.5 Å². The van der Waals surface area contributed by atoms with Gasteiger partial charge in [0.15, 0.2) is 11.6 Å². The lowest BCUT2D eigenvalue weighted by Gasteiger charge is -2.09. The molecule has 0 radical (unpaired) electrons. The van der Waals surface area contributed by atoms with Crippen molar-refractivity contribution in [3.8, 4) is 0 Å². The minimum absolute atomic E-state index is 0.0579. The highest BCUT2D eigenvalue weighted by Crippen LogP contribution is 2.20. The number of amides is 1. The van der Waals surface area contributed by atoms with Crippen molar-refractivity contribution in [2.75, 3.05) is 0 Å². The van der Waals surface area contributed by atoms with Crippen LogP contribution in [-0.4, -0.2) is 11.9 Å². The summed E-state index contributed by atoms with van der Waals surface area (Å²) in [7, 11) is 0. The molecule has 1 aromatic carbocycles. The second kappa shape index (κ2) is 4.70. The summed E-state index contributed by atoms with van der Waals surface area (Å²) in [6.07, 6.45) is 0. The molecule has 0 aliphatic rings. The molecule has 0 aliphatic heterocycles. The third-order valence-electron chi connectivity index (χ3n) is 1.67. The fraction of sp³-hybridized carbons (Fsp3) is 0.300. The molecule has 5 heteroatoms. The smallest absolute Gasteiger partial charge is 0.252 e. The second-order valence-electron chi connectivity index (χ2n) is 3.37. The van der Waals surface area contributed by atoms with E-state index in [9.17, 15) is 13.6 Å². The van der Waals surface area contributed by atoms with Gasteiger partial charge in [0.1, 0.15) is 0 Å². The Bertz CT molecular complexity index is 393. The number of carbonyl (C=O) groups excluding carboxylic acids is 1. The third kappa shape index (κ3) is 2.99. The molecule has 0 atom stereocenters. The summed E-state index contributed by atoms with van der Waals surface area (Å²) in [5.74, 6) is -2.45. The van der Waals surface area contributed by atoms with Crippen molar-refractivity contribution >= 4 is 21.8 Å². The van der Waals surface area contributed by atoms with Crippen LogP contribution in [0.5, 0.6) is 0 Å². The first-order valence-corrected chi connectivity index (χ1v) is 5.16. The standard InChI is InChI=1S/C10H10BrF2NO/c1-5(2)14-10(15)6-3-8(12)9(13)4-7(6)11/h3-5H,1-2H3,(H,14,15). The normalized spacial score (nSPS) is 10.5. The molecule has 0 aromatic heterocycles. The van der Waals surface area contributed by atoms with Crippen LogP contribution in [0.15, 0.2) is 16.6 Å². The number of rotatable bonds is 2. The van der Waals surface area contributed by atoms with Crippen LogP contribution in [0, 0.1) is 11.6 Å². The molecule has 1 aromatic rings. The predicted molar refractivity (Wildman–Crippen MR) is 56.7 cm³/mol. The van der Waals surface area contributed by atoms with Gasteiger partial charge in [-0.3, -0.25) is 4.79 Å². The molecule has 0 aliphatic carbocycles. The Morgan fingerprint density at radius 1 is 1.33 bits per heavy atom. The number of hydrogen-bond acceptors (Lipinski definition) is 1. The van der Waals surface area contributed by atoms with Gasteiger partial charge in [0.25, 0.3) is 5.91 Å². The van der Waals surface area contributed by atoms with E-state index in [2.05, 4.69) is 21.2 Å². The molecule has 82 valence electrons. The Balaban J connectivity index is 3.04. The van der Waals surface area contributed by atoms with E-state index in [4.69, 9.17) is 0 Å². The minimum Gasteiger partial charge on any atom is -0.350 e. The summed E-state index contributed by atoms with van der Waals surface area (Å²) in [5.41, 5.74) is 0.0857. The molecule has 0 heterocycles. The van der Waals surface area contributed by atoms with Gasteiger partial charge in [-0.2, -0.15) is 0 Å². The van der Waals surface area contributed by atoms with E-state index in [1.807, 2.05) is 0 Å². The van der Waals surface area contributed by atoms with Crippen LogP contribution in [-0.2, 0) is 0 Å². The fourth-order valence-electron chi connectivity index (χ4n) is 1.04. The van der Waals surface area contributed by atoms with E-state index in [0.717, 1.165) is 12.1 Å². The van der Waals surface area contributed by atoms with Gasteiger partial charge in [-0.25, -0.2) is 8.78 Å². The van der Waals surface area contributed by atoms with E-state index in [1.165, 1.54) is 0 Å².